The van der Waals surface area contributed by atoms with Crippen LogP contribution in [0, 0.1) is 6.92 Å². The third-order valence-electron chi connectivity index (χ3n) is 4.00. The molecule has 0 amide bonds. The third-order valence-corrected chi connectivity index (χ3v) is 5.75. The van der Waals surface area contributed by atoms with Crippen LogP contribution in [0.15, 0.2) is 15.8 Å². The van der Waals surface area contributed by atoms with Gasteiger partial charge in [-0.2, -0.15) is 0 Å². The van der Waals surface area contributed by atoms with Gasteiger partial charge >= 0.3 is 19.3 Å². The zero-order valence-corrected chi connectivity index (χ0v) is 16.1. The Balaban J connectivity index is 2.03. The molecule has 2 rings (SSSR count). The molecular formula is C15H23N2O9P. The number of nitrogens with one attached hydrogen (secondary N) is 1. The van der Waals surface area contributed by atoms with Crippen molar-refractivity contribution in [1.29, 1.82) is 0 Å². The molecule has 0 bridgehead atoms. The number of esters is 1. The van der Waals surface area contributed by atoms with Gasteiger partial charge in [0, 0.05) is 25.3 Å². The van der Waals surface area contributed by atoms with Gasteiger partial charge in [0.05, 0.1) is 19.3 Å². The predicted molar refractivity (Wildman–Crippen MR) is 92.7 cm³/mol. The average molecular weight is 406 g/mol. The lowest BCUT2D eigenvalue weighted by Gasteiger charge is -2.20. The Kier molecular flexibility index (Phi) is 7.12. The van der Waals surface area contributed by atoms with Gasteiger partial charge in [-0.25, -0.2) is 4.79 Å². The molecule has 4 atom stereocenters. The van der Waals surface area contributed by atoms with Crippen molar-refractivity contribution in [1.82, 2.24) is 9.55 Å². The first-order valence-electron chi connectivity index (χ1n) is 8.29. The summed E-state index contributed by atoms with van der Waals surface area (Å²) in [6, 6.07) is 0. The average Bonchev–Trinajstić information content (AvgIpc) is 2.97. The van der Waals surface area contributed by atoms with Crippen molar-refractivity contribution >= 4 is 13.6 Å². The molecule has 27 heavy (non-hydrogen) atoms. The molecule has 1 fully saturated rings. The van der Waals surface area contributed by atoms with Crippen LogP contribution >= 0.6 is 7.60 Å². The molecule has 1 aliphatic heterocycles. The van der Waals surface area contributed by atoms with Crippen LogP contribution in [-0.2, 0) is 27.9 Å². The van der Waals surface area contributed by atoms with Crippen LogP contribution < -0.4 is 11.2 Å². The molecule has 1 unspecified atom stereocenters. The number of hydrogen-bond donors (Lipinski definition) is 2. The minimum absolute atomic E-state index is 0.0641. The Labute approximate surface area is 154 Å². The summed E-state index contributed by atoms with van der Waals surface area (Å²) in [6.07, 6.45) is -1.91. The first kappa shape index (κ1) is 21.5. The SMILES string of the molecule is CCOC(=O)CP(=O)(OC)OC[C@H]1O[C@@H](n2cc(C)c(=O)[nH]c2=O)C[C@@H]1O. The van der Waals surface area contributed by atoms with Gasteiger partial charge in [0.25, 0.3) is 5.56 Å². The molecule has 12 heteroatoms. The Morgan fingerprint density at radius 2 is 2.19 bits per heavy atom. The molecule has 11 nitrogen and oxygen atoms in total. The van der Waals surface area contributed by atoms with Crippen LogP contribution in [0.1, 0.15) is 25.1 Å². The van der Waals surface area contributed by atoms with Crippen molar-refractivity contribution in [3.05, 3.63) is 32.6 Å². The summed E-state index contributed by atoms with van der Waals surface area (Å²) in [4.78, 5) is 37.1. The highest BCUT2D eigenvalue weighted by molar-refractivity contribution is 7.54. The first-order valence-corrected chi connectivity index (χ1v) is 10.0. The van der Waals surface area contributed by atoms with Gasteiger partial charge in [0.1, 0.15) is 18.5 Å². The van der Waals surface area contributed by atoms with Gasteiger partial charge in [-0.3, -0.25) is 23.7 Å². The van der Waals surface area contributed by atoms with Gasteiger partial charge < -0.3 is 23.6 Å². The van der Waals surface area contributed by atoms with E-state index >= 15 is 0 Å². The van der Waals surface area contributed by atoms with Crippen LogP contribution in [0.4, 0.5) is 0 Å². The van der Waals surface area contributed by atoms with E-state index in [-0.39, 0.29) is 19.6 Å². The lowest BCUT2D eigenvalue weighted by molar-refractivity contribution is -0.140. The van der Waals surface area contributed by atoms with E-state index in [0.717, 1.165) is 11.7 Å². The summed E-state index contributed by atoms with van der Waals surface area (Å²) in [5.41, 5.74) is -0.866. The molecule has 2 N–H and O–H groups in total. The van der Waals surface area contributed by atoms with E-state index in [9.17, 15) is 24.1 Å². The summed E-state index contributed by atoms with van der Waals surface area (Å²) in [5, 5.41) is 10.2. The fourth-order valence-corrected chi connectivity index (χ4v) is 3.66. The Morgan fingerprint density at radius 1 is 1.48 bits per heavy atom. The second kappa shape index (κ2) is 8.94. The van der Waals surface area contributed by atoms with E-state index in [1.807, 2.05) is 0 Å². The number of aromatic nitrogens is 2. The van der Waals surface area contributed by atoms with Crippen molar-refractivity contribution < 1.29 is 33.0 Å². The lowest BCUT2D eigenvalue weighted by Crippen LogP contribution is -2.33. The minimum Gasteiger partial charge on any atom is -0.466 e. The maximum absolute atomic E-state index is 12.4. The number of hydrogen-bond acceptors (Lipinski definition) is 9. The first-order chi connectivity index (χ1) is 12.7. The number of ether oxygens (including phenoxy) is 2. The number of carbonyl (C=O) groups excluding carboxylic acids is 1. The molecule has 152 valence electrons. The largest absolute Gasteiger partial charge is 0.466 e. The van der Waals surface area contributed by atoms with Crippen molar-refractivity contribution in [2.45, 2.75) is 38.7 Å². The smallest absolute Gasteiger partial charge is 0.341 e. The molecule has 1 aromatic heterocycles. The summed E-state index contributed by atoms with van der Waals surface area (Å²) >= 11 is 0. The number of rotatable bonds is 8. The van der Waals surface area contributed by atoms with Crippen LogP contribution in [0.3, 0.4) is 0 Å². The normalized spacial score (nSPS) is 24.5. The van der Waals surface area contributed by atoms with Crippen LogP contribution in [0.2, 0.25) is 0 Å². The van der Waals surface area contributed by atoms with Crippen molar-refractivity contribution in [2.75, 3.05) is 26.5 Å². The predicted octanol–water partition coefficient (Wildman–Crippen LogP) is -0.0874. The minimum atomic E-state index is -3.76. The van der Waals surface area contributed by atoms with Crippen LogP contribution in [-0.4, -0.2) is 59.3 Å². The van der Waals surface area contributed by atoms with Crippen LogP contribution in [0.5, 0.6) is 0 Å². The molecule has 1 aromatic rings. The fraction of sp³-hybridized carbons (Fsp3) is 0.667. The van der Waals surface area contributed by atoms with Gasteiger partial charge in [-0.05, 0) is 13.8 Å². The number of aryl methyl sites for hydroxylation is 1. The van der Waals surface area contributed by atoms with Gasteiger partial charge in [0.15, 0.2) is 0 Å². The molecule has 0 aromatic carbocycles. The Hall–Kier alpha value is -1.78. The van der Waals surface area contributed by atoms with Crippen LogP contribution in [0.25, 0.3) is 0 Å². The zero-order chi connectivity index (χ0) is 20.2. The van der Waals surface area contributed by atoms with Gasteiger partial charge in [0.2, 0.25) is 0 Å². The maximum atomic E-state index is 12.4. The van der Waals surface area contributed by atoms with E-state index in [0.29, 0.717) is 5.56 Å². The van der Waals surface area contributed by atoms with Crippen molar-refractivity contribution in [3.8, 4) is 0 Å². The summed E-state index contributed by atoms with van der Waals surface area (Å²) < 4.78 is 33.9. The highest BCUT2D eigenvalue weighted by Gasteiger charge is 2.38. The molecule has 0 aliphatic carbocycles. The second-order valence-electron chi connectivity index (χ2n) is 5.96. The zero-order valence-electron chi connectivity index (χ0n) is 15.2. The second-order valence-corrected chi connectivity index (χ2v) is 8.12. The van der Waals surface area contributed by atoms with E-state index in [1.165, 1.54) is 13.1 Å². The summed E-state index contributed by atoms with van der Waals surface area (Å²) in [5.74, 6) is -0.733. The molecule has 0 spiro atoms. The number of aliphatic hydroxyl groups is 1. The van der Waals surface area contributed by atoms with E-state index < -0.39 is 49.4 Å². The number of aliphatic hydroxyl groups excluding tert-OH is 1. The van der Waals surface area contributed by atoms with E-state index in [4.69, 9.17) is 18.5 Å². The summed E-state index contributed by atoms with van der Waals surface area (Å²) in [7, 11) is -2.63. The fourth-order valence-electron chi connectivity index (χ4n) is 2.55. The maximum Gasteiger partial charge on any atom is 0.341 e. The van der Waals surface area contributed by atoms with Crippen molar-refractivity contribution in [2.24, 2.45) is 0 Å². The van der Waals surface area contributed by atoms with E-state index in [1.54, 1.807) is 6.92 Å². The summed E-state index contributed by atoms with van der Waals surface area (Å²) in [6.45, 7) is 2.95. The lowest BCUT2D eigenvalue weighted by atomic mass is 10.2. The quantitative estimate of drug-likeness (QED) is 0.447. The third kappa shape index (κ3) is 5.36. The molecule has 2 heterocycles. The standard InChI is InChI=1S/C15H23N2O9P/c1-4-24-13(19)8-27(22,23-3)25-7-11-10(18)5-12(26-11)17-6-9(2)14(20)16-15(17)21/h6,10-12,18H,4-5,7-8H2,1-3H3,(H,16,20,21)/t10-,11+,12+,27?/m0/s1. The molecule has 0 saturated carbocycles. The number of carbonyl (C=O) groups is 1. The van der Waals surface area contributed by atoms with Crippen molar-refractivity contribution in [3.63, 3.8) is 0 Å². The Bertz CT molecular complexity index is 833. The molecule has 1 saturated heterocycles. The number of aromatic amines is 1. The Morgan fingerprint density at radius 3 is 2.81 bits per heavy atom. The topological polar surface area (TPSA) is 146 Å². The molecule has 1 aliphatic rings. The monoisotopic (exact) mass is 406 g/mol. The molecular weight excluding hydrogens is 383 g/mol. The highest BCUT2D eigenvalue weighted by atomic mass is 31.2. The molecule has 0 radical (unpaired) electrons. The number of H-pyrrole nitrogens is 1. The highest BCUT2D eigenvalue weighted by Crippen LogP contribution is 2.48. The van der Waals surface area contributed by atoms with Gasteiger partial charge in [-0.15, -0.1) is 0 Å². The van der Waals surface area contributed by atoms with E-state index in [2.05, 4.69) is 4.98 Å². The number of nitrogens with zero attached hydrogens (tertiary/aromatic N) is 1. The van der Waals surface area contributed by atoms with Gasteiger partial charge in [-0.1, -0.05) is 0 Å².